The molecule has 13 heteroatoms. The minimum Gasteiger partial charge on any atom is -0.447 e. The van der Waals surface area contributed by atoms with Crippen molar-refractivity contribution in [1.29, 1.82) is 0 Å². The summed E-state index contributed by atoms with van der Waals surface area (Å²) in [7, 11) is 0. The molecule has 4 rings (SSSR count). The van der Waals surface area contributed by atoms with Crippen LogP contribution in [0.25, 0.3) is 11.1 Å². The van der Waals surface area contributed by atoms with Crippen LogP contribution in [0.1, 0.15) is 31.3 Å². The summed E-state index contributed by atoms with van der Waals surface area (Å²) in [6, 6.07) is 4.05. The van der Waals surface area contributed by atoms with Crippen LogP contribution in [0.2, 0.25) is 5.02 Å². The quantitative estimate of drug-likeness (QED) is 0.501. The van der Waals surface area contributed by atoms with E-state index in [1.165, 1.54) is 41.7 Å². The lowest BCUT2D eigenvalue weighted by atomic mass is 10.1. The normalized spacial score (nSPS) is 17.7. The van der Waals surface area contributed by atoms with Crippen molar-refractivity contribution in [3.63, 3.8) is 0 Å². The number of alkyl halides is 3. The molecular weight excluding hydrogens is 489 g/mol. The van der Waals surface area contributed by atoms with Crippen LogP contribution in [0.15, 0.2) is 42.9 Å². The third-order valence-corrected chi connectivity index (χ3v) is 5.69. The number of rotatable bonds is 6. The number of halogens is 4. The average molecular weight is 509 g/mol. The van der Waals surface area contributed by atoms with Gasteiger partial charge in [-0.25, -0.2) is 19.7 Å². The van der Waals surface area contributed by atoms with E-state index in [9.17, 15) is 23.1 Å². The van der Waals surface area contributed by atoms with E-state index in [4.69, 9.17) is 16.3 Å². The number of carbonyl (C=O) groups excluding carboxylic acids is 1. The molecule has 3 atom stereocenters. The molecule has 2 aromatic heterocycles. The third-order valence-electron chi connectivity index (χ3n) is 5.36. The molecule has 3 aromatic rings. The van der Waals surface area contributed by atoms with Crippen LogP contribution in [0, 0.1) is 0 Å². The molecule has 1 aromatic carbocycles. The highest BCUT2D eigenvalue weighted by atomic mass is 35.5. The van der Waals surface area contributed by atoms with Gasteiger partial charge < -0.3 is 15.2 Å². The molecule has 1 amide bonds. The fourth-order valence-corrected chi connectivity index (χ4v) is 3.72. The van der Waals surface area contributed by atoms with Crippen LogP contribution in [0.3, 0.4) is 0 Å². The standard InChI is InChI=1S/C22H20ClF3N6O3/c1-11(30-20-27-6-5-18(31-20)32-17(12(2)33)10-35-21(32)34)19-28-8-14(9-29-19)13-3-4-16(23)15(7-13)22(24,25)26/h3-9,11-12,17,33H,10H2,1-2H3,(H,27,30,31)/t11-,12-,17-/m1/s1. The monoisotopic (exact) mass is 508 g/mol. The fourth-order valence-electron chi connectivity index (χ4n) is 3.50. The summed E-state index contributed by atoms with van der Waals surface area (Å²) in [6.07, 6.45) is -1.76. The van der Waals surface area contributed by atoms with E-state index in [-0.39, 0.29) is 29.0 Å². The number of hydrogen-bond acceptors (Lipinski definition) is 8. The van der Waals surface area contributed by atoms with Gasteiger partial charge in [-0.2, -0.15) is 18.2 Å². The fraction of sp³-hybridized carbons (Fsp3) is 0.318. The van der Waals surface area contributed by atoms with Gasteiger partial charge in [-0.1, -0.05) is 17.7 Å². The van der Waals surface area contributed by atoms with Crippen molar-refractivity contribution in [3.05, 3.63) is 59.3 Å². The molecule has 184 valence electrons. The Morgan fingerprint density at radius 2 is 1.89 bits per heavy atom. The van der Waals surface area contributed by atoms with Gasteiger partial charge in [0.1, 0.15) is 24.3 Å². The topological polar surface area (TPSA) is 113 Å². The number of hydrogen-bond donors (Lipinski definition) is 2. The van der Waals surface area contributed by atoms with Gasteiger partial charge in [0.25, 0.3) is 0 Å². The number of aromatic nitrogens is 4. The molecule has 0 radical (unpaired) electrons. The van der Waals surface area contributed by atoms with Gasteiger partial charge in [-0.15, -0.1) is 0 Å². The first-order valence-electron chi connectivity index (χ1n) is 10.5. The van der Waals surface area contributed by atoms with Crippen molar-refractivity contribution in [3.8, 4) is 11.1 Å². The number of aliphatic hydroxyl groups excluding tert-OH is 1. The Morgan fingerprint density at radius 3 is 2.54 bits per heavy atom. The summed E-state index contributed by atoms with van der Waals surface area (Å²) in [5, 5.41) is 12.6. The Labute approximate surface area is 203 Å². The summed E-state index contributed by atoms with van der Waals surface area (Å²) >= 11 is 5.68. The Balaban J connectivity index is 1.50. The van der Waals surface area contributed by atoms with Crippen LogP contribution in [0.5, 0.6) is 0 Å². The Morgan fingerprint density at radius 1 is 1.17 bits per heavy atom. The maximum absolute atomic E-state index is 13.2. The first-order chi connectivity index (χ1) is 16.5. The van der Waals surface area contributed by atoms with Gasteiger partial charge in [-0.3, -0.25) is 4.90 Å². The molecular formula is C22H20ClF3N6O3. The summed E-state index contributed by atoms with van der Waals surface area (Å²) in [5.41, 5.74) is -0.277. The lowest BCUT2D eigenvalue weighted by Crippen LogP contribution is -2.41. The summed E-state index contributed by atoms with van der Waals surface area (Å²) in [6.45, 7) is 3.34. The first-order valence-corrected chi connectivity index (χ1v) is 10.8. The predicted molar refractivity (Wildman–Crippen MR) is 121 cm³/mol. The highest BCUT2D eigenvalue weighted by Gasteiger charge is 2.38. The van der Waals surface area contributed by atoms with Crippen molar-refractivity contribution in [2.45, 2.75) is 38.2 Å². The zero-order chi connectivity index (χ0) is 25.3. The molecule has 0 saturated carbocycles. The molecule has 1 fully saturated rings. The number of aliphatic hydroxyl groups is 1. The molecule has 1 saturated heterocycles. The van der Waals surface area contributed by atoms with E-state index in [1.807, 2.05) is 0 Å². The zero-order valence-electron chi connectivity index (χ0n) is 18.5. The highest BCUT2D eigenvalue weighted by molar-refractivity contribution is 6.31. The summed E-state index contributed by atoms with van der Waals surface area (Å²) < 4.78 is 44.5. The maximum atomic E-state index is 13.2. The molecule has 0 bridgehead atoms. The van der Waals surface area contributed by atoms with Crippen LogP contribution in [-0.4, -0.2) is 49.9 Å². The third kappa shape index (κ3) is 5.28. The molecule has 0 spiro atoms. The number of benzene rings is 1. The molecule has 1 aliphatic rings. The number of nitrogens with zero attached hydrogens (tertiary/aromatic N) is 5. The lowest BCUT2D eigenvalue weighted by molar-refractivity contribution is -0.137. The lowest BCUT2D eigenvalue weighted by Gasteiger charge is -2.23. The van der Waals surface area contributed by atoms with E-state index in [0.717, 1.165) is 6.07 Å². The molecule has 35 heavy (non-hydrogen) atoms. The Hall–Kier alpha value is -3.51. The van der Waals surface area contributed by atoms with Crippen molar-refractivity contribution >= 4 is 29.5 Å². The SMILES string of the molecule is C[C@@H](Nc1nccc(N2C(=O)OC[C@@H]2[C@@H](C)O)n1)c1ncc(-c2ccc(Cl)c(C(F)(F)F)c2)cn1. The molecule has 0 aliphatic carbocycles. The van der Waals surface area contributed by atoms with Gasteiger partial charge in [0.2, 0.25) is 5.95 Å². The van der Waals surface area contributed by atoms with Crippen LogP contribution < -0.4 is 10.2 Å². The molecule has 3 heterocycles. The summed E-state index contributed by atoms with van der Waals surface area (Å²) in [5.74, 6) is 0.775. The van der Waals surface area contributed by atoms with Crippen LogP contribution >= 0.6 is 11.6 Å². The minimum atomic E-state index is -4.58. The predicted octanol–water partition coefficient (Wildman–Crippen LogP) is 4.48. The van der Waals surface area contributed by atoms with Crippen molar-refractivity contribution < 1.29 is 27.8 Å². The van der Waals surface area contributed by atoms with Gasteiger partial charge in [0, 0.05) is 24.2 Å². The highest BCUT2D eigenvalue weighted by Crippen LogP contribution is 2.37. The largest absolute Gasteiger partial charge is 0.447 e. The van der Waals surface area contributed by atoms with Gasteiger partial charge in [0.05, 0.1) is 22.7 Å². The maximum Gasteiger partial charge on any atom is 0.417 e. The molecule has 0 unspecified atom stereocenters. The van der Waals surface area contributed by atoms with Gasteiger partial charge in [0.15, 0.2) is 0 Å². The smallest absolute Gasteiger partial charge is 0.417 e. The first kappa shape index (κ1) is 24.6. The number of ether oxygens (including phenoxy) is 1. The average Bonchev–Trinajstić information content (AvgIpc) is 3.20. The van der Waals surface area contributed by atoms with Crippen molar-refractivity contribution in [2.24, 2.45) is 0 Å². The van der Waals surface area contributed by atoms with Gasteiger partial charge in [-0.05, 0) is 37.6 Å². The number of cyclic esters (lactones) is 1. The molecule has 2 N–H and O–H groups in total. The van der Waals surface area contributed by atoms with Crippen LogP contribution in [0.4, 0.5) is 29.7 Å². The Bertz CT molecular complexity index is 1230. The second-order valence-electron chi connectivity index (χ2n) is 7.88. The number of anilines is 2. The van der Waals surface area contributed by atoms with E-state index >= 15 is 0 Å². The number of carbonyl (C=O) groups is 1. The van der Waals surface area contributed by atoms with Crippen LogP contribution in [-0.2, 0) is 10.9 Å². The zero-order valence-corrected chi connectivity index (χ0v) is 19.2. The van der Waals surface area contributed by atoms with Crippen molar-refractivity contribution in [2.75, 3.05) is 16.8 Å². The number of amides is 1. The second-order valence-corrected chi connectivity index (χ2v) is 8.29. The van der Waals surface area contributed by atoms with E-state index in [1.54, 1.807) is 13.8 Å². The number of nitrogens with one attached hydrogen (secondary N) is 1. The van der Waals surface area contributed by atoms with Crippen molar-refractivity contribution in [1.82, 2.24) is 19.9 Å². The minimum absolute atomic E-state index is 0.0396. The van der Waals surface area contributed by atoms with E-state index in [2.05, 4.69) is 25.3 Å². The second kappa shape index (κ2) is 9.62. The van der Waals surface area contributed by atoms with E-state index < -0.39 is 36.0 Å². The molecule has 9 nitrogen and oxygen atoms in total. The summed E-state index contributed by atoms with van der Waals surface area (Å²) in [4.78, 5) is 30.3. The molecule has 1 aliphatic heterocycles. The van der Waals surface area contributed by atoms with Gasteiger partial charge >= 0.3 is 12.3 Å². The Kier molecular flexibility index (Phi) is 6.77. The van der Waals surface area contributed by atoms with E-state index in [0.29, 0.717) is 11.4 Å².